The molecule has 0 heterocycles. The van der Waals surface area contributed by atoms with Crippen LogP contribution in [0.2, 0.25) is 26.2 Å². The van der Waals surface area contributed by atoms with E-state index >= 15 is 0 Å². The summed E-state index contributed by atoms with van der Waals surface area (Å²) in [5, 5.41) is 0. The van der Waals surface area contributed by atoms with E-state index in [9.17, 15) is 0 Å². The van der Waals surface area contributed by atoms with Gasteiger partial charge in [-0.25, -0.2) is 0 Å². The van der Waals surface area contributed by atoms with E-state index in [1.54, 1.807) is 14.2 Å². The normalized spacial score (nSPS) is 13.8. The van der Waals surface area contributed by atoms with Gasteiger partial charge in [0.1, 0.15) is 0 Å². The van der Waals surface area contributed by atoms with E-state index in [0.717, 1.165) is 0 Å². The molecule has 0 aromatic carbocycles. The maximum absolute atomic E-state index is 5.47. The van der Waals surface area contributed by atoms with Crippen molar-refractivity contribution < 1.29 is 8.85 Å². The third-order valence-electron chi connectivity index (χ3n) is 2.47. The summed E-state index contributed by atoms with van der Waals surface area (Å²) in [5.41, 5.74) is 0. The summed E-state index contributed by atoms with van der Waals surface area (Å²) in [6.45, 7) is 8.84. The van der Waals surface area contributed by atoms with Gasteiger partial charge in [-0.1, -0.05) is 0 Å². The SMILES string of the molecule is CO[Si](C)(C)[Si](C)(C)OC. The Morgan fingerprint density at radius 3 is 1.00 bits per heavy atom. The van der Waals surface area contributed by atoms with Gasteiger partial charge in [0.2, 0.25) is 15.7 Å². The molecule has 0 radical (unpaired) electrons. The first-order valence-electron chi connectivity index (χ1n) is 3.47. The molecule has 62 valence electrons. The molecular formula is C6H18O2Si2. The molecule has 0 N–H and O–H groups in total. The number of rotatable bonds is 3. The van der Waals surface area contributed by atoms with Crippen molar-refractivity contribution in [3.05, 3.63) is 0 Å². The molecule has 0 atom stereocenters. The third kappa shape index (κ3) is 1.92. The highest BCUT2D eigenvalue weighted by atomic mass is 29.3. The maximum atomic E-state index is 5.47. The highest BCUT2D eigenvalue weighted by Gasteiger charge is 2.43. The summed E-state index contributed by atoms with van der Waals surface area (Å²) in [6, 6.07) is 0. The lowest BCUT2D eigenvalue weighted by Crippen LogP contribution is -2.58. The van der Waals surface area contributed by atoms with Crippen molar-refractivity contribution in [2.24, 2.45) is 0 Å². The van der Waals surface area contributed by atoms with Gasteiger partial charge in [0.15, 0.2) is 0 Å². The van der Waals surface area contributed by atoms with Crippen LogP contribution in [0.5, 0.6) is 0 Å². The van der Waals surface area contributed by atoms with Crippen molar-refractivity contribution in [3.63, 3.8) is 0 Å². The van der Waals surface area contributed by atoms with Crippen molar-refractivity contribution in [1.82, 2.24) is 0 Å². The van der Waals surface area contributed by atoms with Crippen LogP contribution in [-0.2, 0) is 8.85 Å². The predicted octanol–water partition coefficient (Wildman–Crippen LogP) is 1.77. The summed E-state index contributed by atoms with van der Waals surface area (Å²) >= 11 is 0. The Hall–Kier alpha value is 0.354. The highest BCUT2D eigenvalue weighted by molar-refractivity contribution is 7.35. The minimum atomic E-state index is -1.49. The maximum Gasteiger partial charge on any atom is 0.204 e. The van der Waals surface area contributed by atoms with E-state index in [4.69, 9.17) is 8.85 Å². The molecule has 0 amide bonds. The van der Waals surface area contributed by atoms with Crippen LogP contribution in [0.15, 0.2) is 0 Å². The van der Waals surface area contributed by atoms with Gasteiger partial charge < -0.3 is 8.85 Å². The molecule has 0 saturated carbocycles. The van der Waals surface area contributed by atoms with Crippen LogP contribution in [0.3, 0.4) is 0 Å². The van der Waals surface area contributed by atoms with Gasteiger partial charge >= 0.3 is 0 Å². The van der Waals surface area contributed by atoms with E-state index < -0.39 is 15.7 Å². The monoisotopic (exact) mass is 178 g/mol. The molecule has 10 heavy (non-hydrogen) atoms. The van der Waals surface area contributed by atoms with Gasteiger partial charge in [0, 0.05) is 14.2 Å². The minimum absolute atomic E-state index is 1.49. The van der Waals surface area contributed by atoms with Crippen LogP contribution in [0.4, 0.5) is 0 Å². The van der Waals surface area contributed by atoms with Crippen LogP contribution in [-0.4, -0.2) is 29.9 Å². The molecule has 0 unspecified atom stereocenters. The van der Waals surface area contributed by atoms with Gasteiger partial charge in [-0.2, -0.15) is 0 Å². The largest absolute Gasteiger partial charge is 0.420 e. The van der Waals surface area contributed by atoms with E-state index in [2.05, 4.69) is 26.2 Å². The van der Waals surface area contributed by atoms with Gasteiger partial charge in [-0.3, -0.25) is 0 Å². The van der Waals surface area contributed by atoms with E-state index in [0.29, 0.717) is 0 Å². The first kappa shape index (κ1) is 10.4. The topological polar surface area (TPSA) is 18.5 Å². The second-order valence-corrected chi connectivity index (χ2v) is 17.5. The molecule has 0 aromatic rings. The fraction of sp³-hybridized carbons (Fsp3) is 1.00. The van der Waals surface area contributed by atoms with E-state index in [1.165, 1.54) is 0 Å². The van der Waals surface area contributed by atoms with Gasteiger partial charge in [-0.15, -0.1) is 0 Å². The molecule has 0 saturated heterocycles. The summed E-state index contributed by atoms with van der Waals surface area (Å²) in [4.78, 5) is 0. The van der Waals surface area contributed by atoms with E-state index in [1.807, 2.05) is 0 Å². The molecule has 0 bridgehead atoms. The Morgan fingerprint density at radius 1 is 0.700 bits per heavy atom. The Kier molecular flexibility index (Phi) is 3.28. The molecule has 0 spiro atoms. The number of hydrogen-bond acceptors (Lipinski definition) is 2. The van der Waals surface area contributed by atoms with Gasteiger partial charge in [-0.05, 0) is 26.2 Å². The van der Waals surface area contributed by atoms with Crippen LogP contribution in [0.25, 0.3) is 0 Å². The Balaban J connectivity index is 4.28. The summed E-state index contributed by atoms with van der Waals surface area (Å²) in [5.74, 6) is 0. The average molecular weight is 178 g/mol. The van der Waals surface area contributed by atoms with Crippen LogP contribution >= 0.6 is 0 Å². The zero-order chi connectivity index (χ0) is 8.41. The minimum Gasteiger partial charge on any atom is -0.420 e. The van der Waals surface area contributed by atoms with Crippen LogP contribution in [0.1, 0.15) is 0 Å². The van der Waals surface area contributed by atoms with Crippen molar-refractivity contribution in [2.45, 2.75) is 26.2 Å². The molecule has 2 nitrogen and oxygen atoms in total. The summed E-state index contributed by atoms with van der Waals surface area (Å²) < 4.78 is 10.9. The Labute approximate surface area is 65.6 Å². The second-order valence-electron chi connectivity index (χ2n) is 3.43. The molecule has 0 fully saturated rings. The lowest BCUT2D eigenvalue weighted by molar-refractivity contribution is 0.379. The van der Waals surface area contributed by atoms with Crippen molar-refractivity contribution in [3.8, 4) is 0 Å². The van der Waals surface area contributed by atoms with Crippen molar-refractivity contribution in [1.29, 1.82) is 0 Å². The molecule has 0 aromatic heterocycles. The first-order valence-corrected chi connectivity index (χ1v) is 10.3. The fourth-order valence-corrected chi connectivity index (χ4v) is 4.42. The summed E-state index contributed by atoms with van der Waals surface area (Å²) in [6.07, 6.45) is 0. The number of hydrogen-bond donors (Lipinski definition) is 0. The lowest BCUT2D eigenvalue weighted by Gasteiger charge is -2.34. The zero-order valence-electron chi connectivity index (χ0n) is 7.82. The standard InChI is InChI=1S/C6H18O2Si2/c1-7-9(3,4)10(5,6)8-2/h1-6H3. The fourth-order valence-electron chi connectivity index (χ4n) is 0.492. The summed E-state index contributed by atoms with van der Waals surface area (Å²) in [7, 11) is 0.607. The average Bonchev–Trinajstić information content (AvgIpc) is 1.88. The second kappa shape index (κ2) is 3.17. The lowest BCUT2D eigenvalue weighted by atomic mass is 11.8. The predicted molar refractivity (Wildman–Crippen MR) is 49.0 cm³/mol. The quantitative estimate of drug-likeness (QED) is 0.613. The highest BCUT2D eigenvalue weighted by Crippen LogP contribution is 2.19. The van der Waals surface area contributed by atoms with Crippen LogP contribution < -0.4 is 0 Å². The molecular weight excluding hydrogens is 160 g/mol. The molecule has 0 aliphatic carbocycles. The van der Waals surface area contributed by atoms with E-state index in [-0.39, 0.29) is 0 Å². The molecule has 0 aliphatic heterocycles. The zero-order valence-corrected chi connectivity index (χ0v) is 9.82. The third-order valence-corrected chi connectivity index (χ3v) is 17.3. The van der Waals surface area contributed by atoms with Gasteiger partial charge in [0.25, 0.3) is 0 Å². The molecule has 0 aliphatic rings. The Morgan fingerprint density at radius 2 is 0.900 bits per heavy atom. The molecule has 0 rings (SSSR count). The van der Waals surface area contributed by atoms with Crippen molar-refractivity contribution in [2.75, 3.05) is 14.2 Å². The Bertz CT molecular complexity index is 98.3. The van der Waals surface area contributed by atoms with Gasteiger partial charge in [0.05, 0.1) is 0 Å². The van der Waals surface area contributed by atoms with Crippen LogP contribution in [0, 0.1) is 0 Å². The molecule has 4 heteroatoms. The first-order chi connectivity index (χ1) is 4.37. The van der Waals surface area contributed by atoms with Crippen molar-refractivity contribution >= 4 is 15.7 Å². The smallest absolute Gasteiger partial charge is 0.204 e.